The fraction of sp³-hybridized carbons (Fsp3) is 0.902. The Kier molecular flexibility index (Phi) is 11.0. The zero-order valence-corrected chi connectivity index (χ0v) is 39.8. The summed E-state index contributed by atoms with van der Waals surface area (Å²) in [6, 6.07) is -0.00221. The molecule has 0 bridgehead atoms. The van der Waals surface area contributed by atoms with Crippen molar-refractivity contribution in [1.29, 1.82) is 0 Å². The summed E-state index contributed by atoms with van der Waals surface area (Å²) in [5.41, 5.74) is -0.296. The second kappa shape index (κ2) is 15.0. The molecule has 0 aromatic rings. The highest BCUT2D eigenvalue weighted by molar-refractivity contribution is 5.89. The lowest BCUT2D eigenvalue weighted by Crippen LogP contribution is -2.69. The normalized spacial score (nSPS) is 42.9. The van der Waals surface area contributed by atoms with E-state index in [4.69, 9.17) is 9.57 Å². The minimum absolute atomic E-state index is 0.00221. The van der Waals surface area contributed by atoms with Crippen LogP contribution in [0.1, 0.15) is 179 Å². The van der Waals surface area contributed by atoms with Crippen molar-refractivity contribution in [2.24, 2.45) is 84.0 Å². The lowest BCUT2D eigenvalue weighted by atomic mass is 9.32. The first-order chi connectivity index (χ1) is 28.4. The number of carbonyl (C=O) groups is 4. The Morgan fingerprint density at radius 1 is 0.787 bits per heavy atom. The molecule has 12 atom stereocenters. The van der Waals surface area contributed by atoms with E-state index in [1.807, 2.05) is 11.8 Å². The average molecular weight is 848 g/mol. The number of nitrogens with one attached hydrogen (secondary N) is 1. The summed E-state index contributed by atoms with van der Waals surface area (Å²) < 4.78 is 6.23. The van der Waals surface area contributed by atoms with Gasteiger partial charge < -0.3 is 24.9 Å². The number of aliphatic carboxylic acids is 1. The molecule has 0 spiro atoms. The van der Waals surface area contributed by atoms with Gasteiger partial charge in [-0.3, -0.25) is 19.2 Å². The molecule has 7 aliphatic carbocycles. The van der Waals surface area contributed by atoms with Crippen molar-refractivity contribution in [3.8, 4) is 0 Å². The molecule has 342 valence electrons. The number of ether oxygens (including phenoxy) is 1. The highest BCUT2D eigenvalue weighted by Crippen LogP contribution is 2.79. The number of likely N-dealkylation sites (tertiary alicyclic amines) is 1. The molecule has 7 saturated carbocycles. The summed E-state index contributed by atoms with van der Waals surface area (Å²) >= 11 is 0. The number of hydrogen-bond acceptors (Lipinski definition) is 7. The maximum absolute atomic E-state index is 15.3. The van der Waals surface area contributed by atoms with Crippen molar-refractivity contribution >= 4 is 29.5 Å². The molecule has 2 amide bonds. The third-order valence-electron chi connectivity index (χ3n) is 21.0. The van der Waals surface area contributed by atoms with E-state index in [1.165, 1.54) is 25.7 Å². The van der Waals surface area contributed by atoms with Crippen LogP contribution in [0.2, 0.25) is 0 Å². The molecule has 8 aliphatic rings. The van der Waals surface area contributed by atoms with Gasteiger partial charge in [0, 0.05) is 43.3 Å². The highest BCUT2D eigenvalue weighted by Gasteiger charge is 2.74. The summed E-state index contributed by atoms with van der Waals surface area (Å²) in [6.45, 7) is 26.5. The molecule has 1 aliphatic heterocycles. The van der Waals surface area contributed by atoms with Crippen LogP contribution in [0.4, 0.5) is 0 Å². The molecule has 8 fully saturated rings. The first-order valence-electron chi connectivity index (χ1n) is 24.6. The van der Waals surface area contributed by atoms with Crippen molar-refractivity contribution in [2.45, 2.75) is 191 Å². The standard InChI is InChI=1S/C51H81N3O7/c1-12-60-53-31-18-27-54(28-19-31)41(56)34-29-37(45(34,4)5)52-42(57)51-22-15-32(47(8)23-24-47)40(51)33-13-14-36-48(9)20-17-38(61-39(55)30-44(2,3)43(58)59)46(6,7)35(48)16-21-50(36,11)49(33,10)25-26-51/h32-38,40H,12-30H2,1-11H3,(H,52,57)(H,58,59)/t32-,33-,34-,35+,36-,37-,38+,40-,48+,49-,50-,51+/m1/s1. The van der Waals surface area contributed by atoms with Crippen LogP contribution in [-0.4, -0.2) is 71.3 Å². The van der Waals surface area contributed by atoms with E-state index in [2.05, 4.69) is 65.9 Å². The fourth-order valence-corrected chi connectivity index (χ4v) is 16.5. The van der Waals surface area contributed by atoms with Crippen LogP contribution in [0.15, 0.2) is 5.16 Å². The van der Waals surface area contributed by atoms with Gasteiger partial charge in [-0.25, -0.2) is 0 Å². The Morgan fingerprint density at radius 3 is 2.10 bits per heavy atom. The third-order valence-corrected chi connectivity index (χ3v) is 21.0. The number of oxime groups is 1. The van der Waals surface area contributed by atoms with Crippen molar-refractivity contribution in [3.63, 3.8) is 0 Å². The van der Waals surface area contributed by atoms with Crippen molar-refractivity contribution < 1.29 is 33.9 Å². The van der Waals surface area contributed by atoms with Crippen LogP contribution < -0.4 is 5.32 Å². The average Bonchev–Trinajstić information content (AvgIpc) is 3.80. The van der Waals surface area contributed by atoms with E-state index in [1.54, 1.807) is 13.8 Å². The summed E-state index contributed by atoms with van der Waals surface area (Å²) in [7, 11) is 0. The number of fused-ring (bicyclic) bond motifs is 7. The Morgan fingerprint density at radius 2 is 1.48 bits per heavy atom. The molecule has 1 saturated heterocycles. The number of carboxylic acids is 1. The zero-order valence-electron chi connectivity index (χ0n) is 39.8. The SMILES string of the molecule is CCON=C1CCN(C(=O)[C@H]2C[C@@H](NC(=O)[C@]34CC[C@@H](C5(C)CC5)[C@@H]3[C@H]3CC[C@@H]5[C@@]6(C)CC[C@H](OC(=O)CC(C)(C)C(=O)O)C(C)(C)[C@@H]6CC[C@@]5(C)[C@]3(C)CC4)C2(C)C)CC1. The molecule has 10 heteroatoms. The highest BCUT2D eigenvalue weighted by atomic mass is 16.6. The number of rotatable bonds is 10. The molecular formula is C51H81N3O7. The van der Waals surface area contributed by atoms with E-state index in [0.717, 1.165) is 69.9 Å². The number of carboxylic acid groups (broad SMARTS) is 1. The smallest absolute Gasteiger partial charge is 0.309 e. The fourth-order valence-electron chi connectivity index (χ4n) is 16.5. The number of hydrogen-bond donors (Lipinski definition) is 2. The lowest BCUT2D eigenvalue weighted by Gasteiger charge is -2.73. The first kappa shape index (κ1) is 44.9. The van der Waals surface area contributed by atoms with E-state index < -0.39 is 17.4 Å². The number of esters is 1. The predicted octanol–water partition coefficient (Wildman–Crippen LogP) is 9.83. The van der Waals surface area contributed by atoms with Gasteiger partial charge in [0.05, 0.1) is 23.0 Å². The number of piperidine rings is 1. The zero-order chi connectivity index (χ0) is 44.3. The van der Waals surface area contributed by atoms with Crippen LogP contribution >= 0.6 is 0 Å². The van der Waals surface area contributed by atoms with Crippen molar-refractivity contribution in [3.05, 3.63) is 0 Å². The van der Waals surface area contributed by atoms with Gasteiger partial charge in [-0.15, -0.1) is 0 Å². The largest absolute Gasteiger partial charge is 0.481 e. The van der Waals surface area contributed by atoms with Gasteiger partial charge in [0.1, 0.15) is 12.7 Å². The van der Waals surface area contributed by atoms with Crippen molar-refractivity contribution in [1.82, 2.24) is 10.2 Å². The third kappa shape index (κ3) is 6.83. The van der Waals surface area contributed by atoms with Gasteiger partial charge in [-0.1, -0.05) is 60.5 Å². The molecular weight excluding hydrogens is 767 g/mol. The summed E-state index contributed by atoms with van der Waals surface area (Å²) in [5.74, 6) is 1.45. The Balaban J connectivity index is 0.990. The number of amides is 2. The van der Waals surface area contributed by atoms with Gasteiger partial charge in [0.2, 0.25) is 11.8 Å². The van der Waals surface area contributed by atoms with Crippen LogP contribution in [0.5, 0.6) is 0 Å². The number of nitrogens with zero attached hydrogens (tertiary/aromatic N) is 2. The molecule has 1 heterocycles. The van der Waals surface area contributed by atoms with Gasteiger partial charge >= 0.3 is 11.9 Å². The quantitative estimate of drug-likeness (QED) is 0.165. The van der Waals surface area contributed by atoms with Crippen LogP contribution in [0.3, 0.4) is 0 Å². The van der Waals surface area contributed by atoms with Gasteiger partial charge in [-0.2, -0.15) is 0 Å². The predicted molar refractivity (Wildman–Crippen MR) is 236 cm³/mol. The maximum atomic E-state index is 15.3. The second-order valence-electron chi connectivity index (χ2n) is 24.9. The maximum Gasteiger partial charge on any atom is 0.309 e. The molecule has 61 heavy (non-hydrogen) atoms. The molecule has 0 aromatic carbocycles. The van der Waals surface area contributed by atoms with Gasteiger partial charge in [-0.05, 0) is 161 Å². The lowest BCUT2D eigenvalue weighted by molar-refractivity contribution is -0.251. The summed E-state index contributed by atoms with van der Waals surface area (Å²) in [6.07, 6.45) is 15.0. The monoisotopic (exact) mass is 848 g/mol. The molecule has 2 N–H and O–H groups in total. The van der Waals surface area contributed by atoms with Gasteiger partial charge in [0.25, 0.3) is 0 Å². The second-order valence-corrected chi connectivity index (χ2v) is 24.9. The molecule has 10 nitrogen and oxygen atoms in total. The van der Waals surface area contributed by atoms with Gasteiger partial charge in [0.15, 0.2) is 0 Å². The Hall–Kier alpha value is -2.65. The van der Waals surface area contributed by atoms with Crippen LogP contribution in [0.25, 0.3) is 0 Å². The molecule has 0 unspecified atom stereocenters. The van der Waals surface area contributed by atoms with E-state index in [9.17, 15) is 19.5 Å². The van der Waals surface area contributed by atoms with E-state index in [-0.39, 0.29) is 68.8 Å². The number of carbonyl (C=O) groups excluding carboxylic acids is 3. The Bertz CT molecular complexity index is 1810. The minimum Gasteiger partial charge on any atom is -0.481 e. The molecule has 0 aromatic heterocycles. The van der Waals surface area contributed by atoms with E-state index >= 15 is 4.79 Å². The summed E-state index contributed by atoms with van der Waals surface area (Å²) in [5, 5.41) is 17.6. The molecule has 8 rings (SSSR count). The topological polar surface area (TPSA) is 135 Å². The minimum atomic E-state index is -1.16. The van der Waals surface area contributed by atoms with E-state index in [0.29, 0.717) is 61.1 Å². The first-order valence-corrected chi connectivity index (χ1v) is 24.6. The van der Waals surface area contributed by atoms with Crippen LogP contribution in [0, 0.1) is 78.8 Å². The Labute approximate surface area is 367 Å². The molecule has 0 radical (unpaired) electrons. The summed E-state index contributed by atoms with van der Waals surface area (Å²) in [4.78, 5) is 61.5. The van der Waals surface area contributed by atoms with Crippen LogP contribution in [-0.2, 0) is 28.8 Å². The van der Waals surface area contributed by atoms with Crippen molar-refractivity contribution in [2.75, 3.05) is 19.7 Å².